The molecule has 0 saturated carbocycles. The Labute approximate surface area is 158 Å². The van der Waals surface area contributed by atoms with E-state index in [-0.39, 0.29) is 30.9 Å². The van der Waals surface area contributed by atoms with Crippen LogP contribution in [0.4, 0.5) is 0 Å². The van der Waals surface area contributed by atoms with Crippen LogP contribution in [-0.2, 0) is 27.4 Å². The number of ether oxygens (including phenoxy) is 2. The molecule has 1 aliphatic carbocycles. The van der Waals surface area contributed by atoms with E-state index in [0.29, 0.717) is 30.6 Å². The monoisotopic (exact) mass is 374 g/mol. The molecule has 3 rings (SSSR count). The number of fused-ring (bicyclic) bond motifs is 2. The SMILES string of the molecule is CCC(=O)OCc1c2c(c(OC(=O)CC)c3occ(C)c13)C[C@@H](O)C[C@@H]2C. The maximum absolute atomic E-state index is 12.0. The number of rotatable bonds is 5. The summed E-state index contributed by atoms with van der Waals surface area (Å²) in [5, 5.41) is 11.1. The largest absolute Gasteiger partial charge is 0.461 e. The Morgan fingerprint density at radius 3 is 2.63 bits per heavy atom. The molecule has 1 aliphatic rings. The van der Waals surface area contributed by atoms with Crippen LogP contribution in [0.2, 0.25) is 0 Å². The zero-order valence-corrected chi connectivity index (χ0v) is 16.3. The molecule has 0 bridgehead atoms. The molecule has 0 unspecified atom stereocenters. The summed E-state index contributed by atoms with van der Waals surface area (Å²) in [5.74, 6) is -0.207. The van der Waals surface area contributed by atoms with E-state index >= 15 is 0 Å². The lowest BCUT2D eigenvalue weighted by atomic mass is 9.78. The average molecular weight is 374 g/mol. The lowest BCUT2D eigenvalue weighted by molar-refractivity contribution is -0.144. The molecule has 0 spiro atoms. The molecule has 6 nitrogen and oxygen atoms in total. The Morgan fingerprint density at radius 2 is 1.96 bits per heavy atom. The lowest BCUT2D eigenvalue weighted by Gasteiger charge is -2.30. The molecule has 2 aromatic rings. The molecule has 2 atom stereocenters. The number of esters is 2. The van der Waals surface area contributed by atoms with Crippen molar-refractivity contribution in [2.75, 3.05) is 0 Å². The minimum absolute atomic E-state index is 0.0388. The summed E-state index contributed by atoms with van der Waals surface area (Å²) in [7, 11) is 0. The Morgan fingerprint density at radius 1 is 1.26 bits per heavy atom. The van der Waals surface area contributed by atoms with Crippen molar-refractivity contribution in [1.82, 2.24) is 0 Å². The topological polar surface area (TPSA) is 86.0 Å². The van der Waals surface area contributed by atoms with E-state index in [2.05, 4.69) is 0 Å². The lowest BCUT2D eigenvalue weighted by Crippen LogP contribution is -2.25. The van der Waals surface area contributed by atoms with Crippen molar-refractivity contribution < 1.29 is 28.6 Å². The van der Waals surface area contributed by atoms with Gasteiger partial charge in [0.15, 0.2) is 11.3 Å². The van der Waals surface area contributed by atoms with E-state index in [1.165, 1.54) is 0 Å². The van der Waals surface area contributed by atoms with Crippen LogP contribution >= 0.6 is 0 Å². The average Bonchev–Trinajstić information content (AvgIpc) is 3.02. The first-order valence-corrected chi connectivity index (χ1v) is 9.47. The molecule has 0 aliphatic heterocycles. The van der Waals surface area contributed by atoms with Gasteiger partial charge < -0.3 is 19.0 Å². The van der Waals surface area contributed by atoms with Crippen LogP contribution in [0.1, 0.15) is 68.2 Å². The fourth-order valence-corrected chi connectivity index (χ4v) is 3.90. The second kappa shape index (κ2) is 7.72. The molecule has 27 heavy (non-hydrogen) atoms. The van der Waals surface area contributed by atoms with Crippen molar-refractivity contribution in [3.8, 4) is 5.75 Å². The van der Waals surface area contributed by atoms with Crippen molar-refractivity contribution in [3.63, 3.8) is 0 Å². The zero-order valence-electron chi connectivity index (χ0n) is 16.3. The third kappa shape index (κ3) is 3.58. The molecular formula is C21H26O6. The van der Waals surface area contributed by atoms with Gasteiger partial charge in [-0.1, -0.05) is 20.8 Å². The van der Waals surface area contributed by atoms with Gasteiger partial charge in [-0.2, -0.15) is 0 Å². The Bertz CT molecular complexity index is 879. The van der Waals surface area contributed by atoms with Gasteiger partial charge in [0.25, 0.3) is 0 Å². The Balaban J connectivity index is 2.25. The second-order valence-electron chi connectivity index (χ2n) is 7.16. The first-order chi connectivity index (χ1) is 12.9. The van der Waals surface area contributed by atoms with Crippen molar-refractivity contribution in [1.29, 1.82) is 0 Å². The van der Waals surface area contributed by atoms with Crippen LogP contribution in [-0.4, -0.2) is 23.1 Å². The number of aliphatic hydroxyl groups is 1. The molecule has 1 aromatic carbocycles. The standard InChI is InChI=1S/C21H26O6/c1-5-16(23)25-10-15-18-11(3)7-13(22)8-14(18)20(27-17(24)6-2)21-19(15)12(4)9-26-21/h9,11,13,22H,5-8,10H2,1-4H3/t11-,13-/m0/s1. The second-order valence-corrected chi connectivity index (χ2v) is 7.16. The van der Waals surface area contributed by atoms with Crippen LogP contribution in [0.15, 0.2) is 10.7 Å². The van der Waals surface area contributed by atoms with Crippen LogP contribution in [0, 0.1) is 6.92 Å². The van der Waals surface area contributed by atoms with Crippen molar-refractivity contribution in [2.45, 2.75) is 72.0 Å². The molecule has 0 fully saturated rings. The predicted octanol–water partition coefficient (Wildman–Crippen LogP) is 3.92. The molecule has 146 valence electrons. The van der Waals surface area contributed by atoms with Gasteiger partial charge in [0.2, 0.25) is 0 Å². The minimum Gasteiger partial charge on any atom is -0.461 e. The number of benzene rings is 1. The Kier molecular flexibility index (Phi) is 5.56. The normalized spacial score (nSPS) is 19.0. The van der Waals surface area contributed by atoms with Gasteiger partial charge in [0.05, 0.1) is 12.4 Å². The number of hydrogen-bond acceptors (Lipinski definition) is 6. The molecular weight excluding hydrogens is 348 g/mol. The summed E-state index contributed by atoms with van der Waals surface area (Å²) >= 11 is 0. The maximum Gasteiger partial charge on any atom is 0.311 e. The number of hydrogen-bond donors (Lipinski definition) is 1. The smallest absolute Gasteiger partial charge is 0.311 e. The first kappa shape index (κ1) is 19.4. The van der Waals surface area contributed by atoms with Crippen molar-refractivity contribution in [2.24, 2.45) is 0 Å². The van der Waals surface area contributed by atoms with Crippen molar-refractivity contribution >= 4 is 22.9 Å². The maximum atomic E-state index is 12.0. The van der Waals surface area contributed by atoms with E-state index in [1.54, 1.807) is 20.1 Å². The Hall–Kier alpha value is -2.34. The summed E-state index contributed by atoms with van der Waals surface area (Å²) in [6.45, 7) is 7.56. The highest BCUT2D eigenvalue weighted by molar-refractivity contribution is 5.94. The van der Waals surface area contributed by atoms with Crippen LogP contribution in [0.5, 0.6) is 5.75 Å². The van der Waals surface area contributed by atoms with Gasteiger partial charge in [0, 0.05) is 35.8 Å². The molecule has 0 radical (unpaired) electrons. The third-order valence-electron chi connectivity index (χ3n) is 5.14. The van der Waals surface area contributed by atoms with Crippen LogP contribution in [0.3, 0.4) is 0 Å². The molecule has 0 amide bonds. The van der Waals surface area contributed by atoms with Gasteiger partial charge in [-0.3, -0.25) is 9.59 Å². The highest BCUT2D eigenvalue weighted by atomic mass is 16.5. The molecule has 6 heteroatoms. The number of carbonyl (C=O) groups excluding carboxylic acids is 2. The van der Waals surface area contributed by atoms with E-state index in [4.69, 9.17) is 13.9 Å². The van der Waals surface area contributed by atoms with Gasteiger partial charge >= 0.3 is 11.9 Å². The minimum atomic E-state index is -0.522. The summed E-state index contributed by atoms with van der Waals surface area (Å²) in [6.07, 6.45) is 2.61. The fraction of sp³-hybridized carbons (Fsp3) is 0.524. The number of aryl methyl sites for hydroxylation is 1. The quantitative estimate of drug-likeness (QED) is 0.631. The van der Waals surface area contributed by atoms with Gasteiger partial charge in [0.1, 0.15) is 6.61 Å². The van der Waals surface area contributed by atoms with Crippen LogP contribution < -0.4 is 4.74 Å². The molecule has 1 heterocycles. The molecule has 0 saturated heterocycles. The van der Waals surface area contributed by atoms with E-state index in [0.717, 1.165) is 27.6 Å². The van der Waals surface area contributed by atoms with Crippen molar-refractivity contribution in [3.05, 3.63) is 28.5 Å². The van der Waals surface area contributed by atoms with E-state index in [9.17, 15) is 14.7 Å². The molecule has 1 aromatic heterocycles. The summed E-state index contributed by atoms with van der Waals surface area (Å²) in [4.78, 5) is 23.8. The number of aliphatic hydroxyl groups excluding tert-OH is 1. The predicted molar refractivity (Wildman–Crippen MR) is 99.7 cm³/mol. The first-order valence-electron chi connectivity index (χ1n) is 9.47. The van der Waals surface area contributed by atoms with E-state index < -0.39 is 6.10 Å². The summed E-state index contributed by atoms with van der Waals surface area (Å²) in [6, 6.07) is 0. The molecule has 1 N–H and O–H groups in total. The summed E-state index contributed by atoms with van der Waals surface area (Å²) < 4.78 is 16.8. The highest BCUT2D eigenvalue weighted by Crippen LogP contribution is 2.46. The third-order valence-corrected chi connectivity index (χ3v) is 5.14. The highest BCUT2D eigenvalue weighted by Gasteiger charge is 2.33. The van der Waals surface area contributed by atoms with Gasteiger partial charge in [-0.05, 0) is 30.4 Å². The number of furan rings is 1. The fourth-order valence-electron chi connectivity index (χ4n) is 3.90. The van der Waals surface area contributed by atoms with Crippen LogP contribution in [0.25, 0.3) is 11.0 Å². The van der Waals surface area contributed by atoms with Gasteiger partial charge in [-0.25, -0.2) is 0 Å². The number of carbonyl (C=O) groups is 2. The zero-order chi connectivity index (χ0) is 19.7. The van der Waals surface area contributed by atoms with E-state index in [1.807, 2.05) is 13.8 Å². The van der Waals surface area contributed by atoms with Gasteiger partial charge in [-0.15, -0.1) is 0 Å². The summed E-state index contributed by atoms with van der Waals surface area (Å²) in [5.41, 5.74) is 4.00.